The third-order valence-corrected chi connectivity index (χ3v) is 5.97. The Bertz CT molecular complexity index is 551. The fraction of sp³-hybridized carbons (Fsp3) is 0.385. The van der Waals surface area contributed by atoms with Gasteiger partial charge in [0.15, 0.2) is 11.4 Å². The van der Waals surface area contributed by atoms with Crippen molar-refractivity contribution in [3.05, 3.63) is 35.8 Å². The van der Waals surface area contributed by atoms with Gasteiger partial charge in [0.25, 0.3) is 0 Å². The summed E-state index contributed by atoms with van der Waals surface area (Å²) in [5.41, 5.74) is 6.55. The van der Waals surface area contributed by atoms with Crippen LogP contribution in [0.2, 0.25) is 0 Å². The SMILES string of the molecule is NC(c1cc2cccc(F)c2o1)C1CSCCS1. The zero-order valence-corrected chi connectivity index (χ0v) is 11.4. The number of halogens is 1. The van der Waals surface area contributed by atoms with Gasteiger partial charge in [-0.1, -0.05) is 12.1 Å². The second-order valence-electron chi connectivity index (χ2n) is 4.32. The van der Waals surface area contributed by atoms with Crippen molar-refractivity contribution in [2.45, 2.75) is 11.3 Å². The van der Waals surface area contributed by atoms with Crippen LogP contribution >= 0.6 is 23.5 Å². The molecule has 1 aromatic carbocycles. The second-order valence-corrected chi connectivity index (χ2v) is 6.81. The molecule has 0 bridgehead atoms. The fourth-order valence-corrected chi connectivity index (χ4v) is 4.89. The lowest BCUT2D eigenvalue weighted by Gasteiger charge is -2.25. The molecule has 1 aliphatic rings. The summed E-state index contributed by atoms with van der Waals surface area (Å²) in [5, 5.41) is 1.14. The molecule has 1 saturated heterocycles. The highest BCUT2D eigenvalue weighted by Crippen LogP contribution is 2.34. The Labute approximate surface area is 113 Å². The van der Waals surface area contributed by atoms with Crippen LogP contribution in [0.4, 0.5) is 4.39 Å². The lowest BCUT2D eigenvalue weighted by molar-refractivity contribution is 0.479. The monoisotopic (exact) mass is 283 g/mol. The van der Waals surface area contributed by atoms with Gasteiger partial charge in [-0.15, -0.1) is 0 Å². The molecule has 1 fully saturated rings. The van der Waals surface area contributed by atoms with E-state index in [2.05, 4.69) is 0 Å². The predicted octanol–water partition coefficient (Wildman–Crippen LogP) is 3.42. The van der Waals surface area contributed by atoms with Crippen LogP contribution in [-0.2, 0) is 0 Å². The van der Waals surface area contributed by atoms with Crippen LogP contribution in [0.15, 0.2) is 28.7 Å². The highest BCUT2D eigenvalue weighted by Gasteiger charge is 2.25. The number of furan rings is 1. The molecule has 5 heteroatoms. The first kappa shape index (κ1) is 12.4. The Morgan fingerprint density at radius 1 is 1.39 bits per heavy atom. The molecule has 2 unspecified atom stereocenters. The molecule has 18 heavy (non-hydrogen) atoms. The highest BCUT2D eigenvalue weighted by atomic mass is 32.2. The van der Waals surface area contributed by atoms with Crippen molar-refractivity contribution in [1.82, 2.24) is 0 Å². The summed E-state index contributed by atoms with van der Waals surface area (Å²) >= 11 is 3.80. The molecular weight excluding hydrogens is 269 g/mol. The molecule has 0 aliphatic carbocycles. The van der Waals surface area contributed by atoms with Crippen molar-refractivity contribution in [2.75, 3.05) is 17.3 Å². The number of hydrogen-bond acceptors (Lipinski definition) is 4. The van der Waals surface area contributed by atoms with E-state index in [1.165, 1.54) is 11.8 Å². The molecule has 0 spiro atoms. The Hall–Kier alpha value is -0.650. The van der Waals surface area contributed by atoms with E-state index in [1.807, 2.05) is 35.7 Å². The molecule has 1 aliphatic heterocycles. The van der Waals surface area contributed by atoms with Gasteiger partial charge in [-0.3, -0.25) is 0 Å². The summed E-state index contributed by atoms with van der Waals surface area (Å²) in [5.74, 6) is 3.71. The van der Waals surface area contributed by atoms with Crippen LogP contribution in [-0.4, -0.2) is 22.5 Å². The van der Waals surface area contributed by atoms with E-state index in [1.54, 1.807) is 6.07 Å². The summed E-state index contributed by atoms with van der Waals surface area (Å²) in [6, 6.07) is 6.65. The summed E-state index contributed by atoms with van der Waals surface area (Å²) in [6.07, 6.45) is 0. The third-order valence-electron chi connectivity index (χ3n) is 3.09. The number of thioether (sulfide) groups is 2. The summed E-state index contributed by atoms with van der Waals surface area (Å²) < 4.78 is 19.2. The van der Waals surface area contributed by atoms with Gasteiger partial charge in [-0.25, -0.2) is 4.39 Å². The van der Waals surface area contributed by atoms with Crippen molar-refractivity contribution >= 4 is 34.5 Å². The van der Waals surface area contributed by atoms with Gasteiger partial charge in [0, 0.05) is 27.9 Å². The van der Waals surface area contributed by atoms with Crippen molar-refractivity contribution < 1.29 is 8.81 Å². The number of para-hydroxylation sites is 1. The van der Waals surface area contributed by atoms with Gasteiger partial charge in [0.2, 0.25) is 0 Å². The van der Waals surface area contributed by atoms with E-state index in [0.717, 1.165) is 16.9 Å². The second kappa shape index (κ2) is 5.15. The number of hydrogen-bond donors (Lipinski definition) is 1. The summed E-state index contributed by atoms with van der Waals surface area (Å²) in [6.45, 7) is 0. The first-order valence-electron chi connectivity index (χ1n) is 5.88. The maximum atomic E-state index is 13.6. The largest absolute Gasteiger partial charge is 0.456 e. The quantitative estimate of drug-likeness (QED) is 0.916. The first-order chi connectivity index (χ1) is 8.75. The minimum Gasteiger partial charge on any atom is -0.456 e. The zero-order valence-electron chi connectivity index (χ0n) is 9.77. The molecule has 3 rings (SSSR count). The van der Waals surface area contributed by atoms with E-state index in [-0.39, 0.29) is 11.9 Å². The molecular formula is C13H14FNOS2. The standard InChI is InChI=1S/C13H14FNOS2/c14-9-3-1-2-8-6-10(16-13(8)9)12(15)11-7-17-4-5-18-11/h1-3,6,11-12H,4-5,7,15H2. The lowest BCUT2D eigenvalue weighted by Crippen LogP contribution is -2.28. The Morgan fingerprint density at radius 2 is 2.28 bits per heavy atom. The highest BCUT2D eigenvalue weighted by molar-refractivity contribution is 8.06. The van der Waals surface area contributed by atoms with Crippen LogP contribution in [0, 0.1) is 5.82 Å². The third kappa shape index (κ3) is 2.27. The van der Waals surface area contributed by atoms with E-state index in [9.17, 15) is 4.39 Å². The molecule has 0 amide bonds. The van der Waals surface area contributed by atoms with Crippen LogP contribution < -0.4 is 5.73 Å². The van der Waals surface area contributed by atoms with Gasteiger partial charge < -0.3 is 10.2 Å². The molecule has 0 radical (unpaired) electrons. The molecule has 2 atom stereocenters. The number of benzene rings is 1. The van der Waals surface area contributed by atoms with Gasteiger partial charge in [0.05, 0.1) is 6.04 Å². The van der Waals surface area contributed by atoms with Crippen LogP contribution in [0.25, 0.3) is 11.0 Å². The van der Waals surface area contributed by atoms with Crippen molar-refractivity contribution in [1.29, 1.82) is 0 Å². The van der Waals surface area contributed by atoms with Crippen molar-refractivity contribution in [3.8, 4) is 0 Å². The van der Waals surface area contributed by atoms with E-state index in [4.69, 9.17) is 10.2 Å². The minimum atomic E-state index is -0.323. The Morgan fingerprint density at radius 3 is 3.00 bits per heavy atom. The van der Waals surface area contributed by atoms with E-state index >= 15 is 0 Å². The molecule has 0 saturated carbocycles. The van der Waals surface area contributed by atoms with Crippen molar-refractivity contribution in [3.63, 3.8) is 0 Å². The number of rotatable bonds is 2. The normalized spacial score (nSPS) is 22.2. The first-order valence-corrected chi connectivity index (χ1v) is 8.09. The van der Waals surface area contributed by atoms with Crippen LogP contribution in [0.3, 0.4) is 0 Å². The maximum Gasteiger partial charge on any atom is 0.169 e. The Balaban J connectivity index is 1.91. The topological polar surface area (TPSA) is 39.2 Å². The number of fused-ring (bicyclic) bond motifs is 1. The molecule has 2 N–H and O–H groups in total. The Kier molecular flexibility index (Phi) is 3.54. The van der Waals surface area contributed by atoms with Gasteiger partial charge in [-0.05, 0) is 12.1 Å². The van der Waals surface area contributed by atoms with Gasteiger partial charge in [-0.2, -0.15) is 23.5 Å². The molecule has 1 aromatic heterocycles. The fourth-order valence-electron chi connectivity index (χ4n) is 2.11. The predicted molar refractivity (Wildman–Crippen MR) is 76.7 cm³/mol. The smallest absolute Gasteiger partial charge is 0.169 e. The van der Waals surface area contributed by atoms with Gasteiger partial charge >= 0.3 is 0 Å². The van der Waals surface area contributed by atoms with Crippen molar-refractivity contribution in [2.24, 2.45) is 5.73 Å². The minimum absolute atomic E-state index is 0.158. The average molecular weight is 283 g/mol. The number of nitrogens with two attached hydrogens (primary N) is 1. The zero-order chi connectivity index (χ0) is 12.5. The molecule has 2 aromatic rings. The van der Waals surface area contributed by atoms with E-state index < -0.39 is 0 Å². The van der Waals surface area contributed by atoms with Gasteiger partial charge in [0.1, 0.15) is 5.76 Å². The lowest BCUT2D eigenvalue weighted by atomic mass is 10.1. The maximum absolute atomic E-state index is 13.6. The summed E-state index contributed by atoms with van der Waals surface area (Å²) in [7, 11) is 0. The van der Waals surface area contributed by atoms with E-state index in [0.29, 0.717) is 16.6 Å². The molecule has 2 nitrogen and oxygen atoms in total. The molecule has 96 valence electrons. The average Bonchev–Trinajstić information content (AvgIpc) is 2.84. The summed E-state index contributed by atoms with van der Waals surface area (Å²) in [4.78, 5) is 0. The molecule has 2 heterocycles. The van der Waals surface area contributed by atoms with Crippen LogP contribution in [0.5, 0.6) is 0 Å². The van der Waals surface area contributed by atoms with Crippen LogP contribution in [0.1, 0.15) is 11.8 Å².